The smallest absolute Gasteiger partial charge is 0.255 e. The van der Waals surface area contributed by atoms with Crippen molar-refractivity contribution in [3.05, 3.63) is 24.4 Å². The van der Waals surface area contributed by atoms with Crippen molar-refractivity contribution in [2.24, 2.45) is 0 Å². The summed E-state index contributed by atoms with van der Waals surface area (Å²) in [5.41, 5.74) is 0.663. The summed E-state index contributed by atoms with van der Waals surface area (Å²) in [7, 11) is 0. The Morgan fingerprint density at radius 1 is 1.50 bits per heavy atom. The summed E-state index contributed by atoms with van der Waals surface area (Å²) < 4.78 is 5.33. The lowest BCUT2D eigenvalue weighted by Gasteiger charge is -2.10. The molecule has 0 saturated heterocycles. The summed E-state index contributed by atoms with van der Waals surface area (Å²) in [6, 6.07) is 5.47. The molecule has 7 heteroatoms. The van der Waals surface area contributed by atoms with E-state index >= 15 is 0 Å². The van der Waals surface area contributed by atoms with Crippen molar-refractivity contribution in [3.63, 3.8) is 0 Å². The fourth-order valence-electron chi connectivity index (χ4n) is 1.52. The Morgan fingerprint density at radius 3 is 3.05 bits per heavy atom. The highest BCUT2D eigenvalue weighted by Crippen LogP contribution is 2.12. The third-order valence-corrected chi connectivity index (χ3v) is 2.57. The SMILES string of the molecule is CCCOC(C)C(=O)Nc1n[nH]c(-c2ccccn2)n1. The highest BCUT2D eigenvalue weighted by atomic mass is 16.5. The van der Waals surface area contributed by atoms with Crippen LogP contribution in [0.1, 0.15) is 20.3 Å². The molecular formula is C13H17N5O2. The number of carbonyl (C=O) groups is 1. The lowest BCUT2D eigenvalue weighted by Crippen LogP contribution is -2.28. The van der Waals surface area contributed by atoms with E-state index in [-0.39, 0.29) is 11.9 Å². The van der Waals surface area contributed by atoms with Gasteiger partial charge in [-0.3, -0.25) is 20.2 Å². The van der Waals surface area contributed by atoms with Crippen LogP contribution in [0.15, 0.2) is 24.4 Å². The van der Waals surface area contributed by atoms with Gasteiger partial charge >= 0.3 is 0 Å². The van der Waals surface area contributed by atoms with E-state index in [1.807, 2.05) is 19.1 Å². The molecule has 0 aromatic carbocycles. The van der Waals surface area contributed by atoms with Gasteiger partial charge in [0.25, 0.3) is 5.91 Å². The average Bonchev–Trinajstić information content (AvgIpc) is 2.94. The minimum absolute atomic E-state index is 0.211. The van der Waals surface area contributed by atoms with E-state index in [1.54, 1.807) is 19.2 Å². The van der Waals surface area contributed by atoms with Gasteiger partial charge in [0.05, 0.1) is 0 Å². The number of pyridine rings is 1. The molecule has 0 saturated carbocycles. The molecule has 2 N–H and O–H groups in total. The normalized spacial score (nSPS) is 12.1. The zero-order chi connectivity index (χ0) is 14.4. The van der Waals surface area contributed by atoms with Crippen molar-refractivity contribution in [1.82, 2.24) is 20.2 Å². The number of hydrogen-bond donors (Lipinski definition) is 2. The summed E-state index contributed by atoms with van der Waals surface area (Å²) >= 11 is 0. The van der Waals surface area contributed by atoms with Gasteiger partial charge in [-0.05, 0) is 25.5 Å². The lowest BCUT2D eigenvalue weighted by atomic mass is 10.3. The Hall–Kier alpha value is -2.28. The molecule has 0 spiro atoms. The number of ether oxygens (including phenoxy) is 1. The minimum Gasteiger partial charge on any atom is -0.369 e. The first kappa shape index (κ1) is 14.1. The molecular weight excluding hydrogens is 258 g/mol. The second-order valence-corrected chi connectivity index (χ2v) is 4.22. The number of aromatic nitrogens is 4. The van der Waals surface area contributed by atoms with E-state index in [4.69, 9.17) is 4.74 Å². The number of H-pyrrole nitrogens is 1. The number of amides is 1. The molecule has 1 unspecified atom stereocenters. The highest BCUT2D eigenvalue weighted by Gasteiger charge is 2.15. The van der Waals surface area contributed by atoms with Gasteiger partial charge in [0.15, 0.2) is 5.82 Å². The highest BCUT2D eigenvalue weighted by molar-refractivity contribution is 5.92. The Morgan fingerprint density at radius 2 is 2.35 bits per heavy atom. The molecule has 7 nitrogen and oxygen atoms in total. The first-order chi connectivity index (χ1) is 9.70. The predicted molar refractivity (Wildman–Crippen MR) is 73.9 cm³/mol. The predicted octanol–water partition coefficient (Wildman–Crippen LogP) is 1.62. The second kappa shape index (κ2) is 6.76. The molecule has 0 bridgehead atoms. The van der Waals surface area contributed by atoms with Crippen molar-refractivity contribution in [2.45, 2.75) is 26.4 Å². The van der Waals surface area contributed by atoms with Gasteiger partial charge in [-0.1, -0.05) is 13.0 Å². The molecule has 1 amide bonds. The topological polar surface area (TPSA) is 92.8 Å². The first-order valence-electron chi connectivity index (χ1n) is 6.47. The van der Waals surface area contributed by atoms with Crippen LogP contribution in [0.25, 0.3) is 11.5 Å². The number of aromatic amines is 1. The Labute approximate surface area is 116 Å². The molecule has 106 valence electrons. The second-order valence-electron chi connectivity index (χ2n) is 4.22. The molecule has 0 aliphatic carbocycles. The Balaban J connectivity index is 1.98. The maximum Gasteiger partial charge on any atom is 0.255 e. The van der Waals surface area contributed by atoms with Crippen molar-refractivity contribution in [1.29, 1.82) is 0 Å². The van der Waals surface area contributed by atoms with Gasteiger partial charge in [-0.15, -0.1) is 5.10 Å². The van der Waals surface area contributed by atoms with Crippen LogP contribution in [0, 0.1) is 0 Å². The van der Waals surface area contributed by atoms with Crippen LogP contribution in [-0.2, 0) is 9.53 Å². The molecule has 2 heterocycles. The van der Waals surface area contributed by atoms with Gasteiger partial charge in [0, 0.05) is 12.8 Å². The number of anilines is 1. The van der Waals surface area contributed by atoms with Crippen LogP contribution >= 0.6 is 0 Å². The summed E-state index contributed by atoms with van der Waals surface area (Å²) in [6.45, 7) is 4.22. The van der Waals surface area contributed by atoms with Crippen LogP contribution in [-0.4, -0.2) is 38.8 Å². The number of nitrogens with one attached hydrogen (secondary N) is 2. The molecule has 0 radical (unpaired) electrons. The van der Waals surface area contributed by atoms with Crippen molar-refractivity contribution >= 4 is 11.9 Å². The van der Waals surface area contributed by atoms with Crippen LogP contribution in [0.3, 0.4) is 0 Å². The van der Waals surface area contributed by atoms with E-state index in [9.17, 15) is 4.79 Å². The number of rotatable bonds is 6. The van der Waals surface area contributed by atoms with Crippen molar-refractivity contribution < 1.29 is 9.53 Å². The molecule has 2 aromatic heterocycles. The number of hydrogen-bond acceptors (Lipinski definition) is 5. The summed E-state index contributed by atoms with van der Waals surface area (Å²) in [5, 5.41) is 9.26. The van der Waals surface area contributed by atoms with Crippen molar-refractivity contribution in [2.75, 3.05) is 11.9 Å². The number of nitrogens with zero attached hydrogens (tertiary/aromatic N) is 3. The molecule has 2 aromatic rings. The van der Waals surface area contributed by atoms with Crippen LogP contribution in [0.4, 0.5) is 5.95 Å². The number of carbonyl (C=O) groups excluding carboxylic acids is 1. The minimum atomic E-state index is -0.535. The van der Waals surface area contributed by atoms with E-state index in [0.717, 1.165) is 6.42 Å². The zero-order valence-corrected chi connectivity index (χ0v) is 11.5. The van der Waals surface area contributed by atoms with E-state index < -0.39 is 6.10 Å². The van der Waals surface area contributed by atoms with Gasteiger partial charge in [-0.25, -0.2) is 0 Å². The van der Waals surface area contributed by atoms with Crippen LogP contribution in [0.2, 0.25) is 0 Å². The lowest BCUT2D eigenvalue weighted by molar-refractivity contribution is -0.126. The largest absolute Gasteiger partial charge is 0.369 e. The molecule has 1 atom stereocenters. The van der Waals surface area contributed by atoms with Crippen LogP contribution < -0.4 is 5.32 Å². The van der Waals surface area contributed by atoms with Gasteiger partial charge in [0.1, 0.15) is 11.8 Å². The first-order valence-corrected chi connectivity index (χ1v) is 6.47. The van der Waals surface area contributed by atoms with E-state index in [2.05, 4.69) is 25.5 Å². The quantitative estimate of drug-likeness (QED) is 0.835. The third-order valence-electron chi connectivity index (χ3n) is 2.57. The fourth-order valence-corrected chi connectivity index (χ4v) is 1.52. The molecule has 20 heavy (non-hydrogen) atoms. The van der Waals surface area contributed by atoms with Gasteiger partial charge < -0.3 is 4.74 Å². The summed E-state index contributed by atoms with van der Waals surface area (Å²) in [5.74, 6) is 0.440. The Kier molecular flexibility index (Phi) is 4.78. The monoisotopic (exact) mass is 275 g/mol. The molecule has 0 aliphatic rings. The molecule has 2 rings (SSSR count). The zero-order valence-electron chi connectivity index (χ0n) is 11.5. The van der Waals surface area contributed by atoms with Crippen LogP contribution in [0.5, 0.6) is 0 Å². The Bertz CT molecular complexity index is 555. The summed E-state index contributed by atoms with van der Waals surface area (Å²) in [4.78, 5) is 20.1. The van der Waals surface area contributed by atoms with Crippen molar-refractivity contribution in [3.8, 4) is 11.5 Å². The van der Waals surface area contributed by atoms with E-state index in [0.29, 0.717) is 18.1 Å². The van der Waals surface area contributed by atoms with E-state index in [1.165, 1.54) is 0 Å². The maximum atomic E-state index is 11.8. The maximum absolute atomic E-state index is 11.8. The van der Waals surface area contributed by atoms with Gasteiger partial charge in [0.2, 0.25) is 5.95 Å². The molecule has 0 fully saturated rings. The third kappa shape index (κ3) is 3.61. The molecule has 0 aliphatic heterocycles. The fraction of sp³-hybridized carbons (Fsp3) is 0.385. The standard InChI is InChI=1S/C13H17N5O2/c1-3-8-20-9(2)12(19)16-13-15-11(17-18-13)10-6-4-5-7-14-10/h4-7,9H,3,8H2,1-2H3,(H2,15,16,17,18,19). The average molecular weight is 275 g/mol. The summed E-state index contributed by atoms with van der Waals surface area (Å²) in [6.07, 6.45) is 1.99. The van der Waals surface area contributed by atoms with Gasteiger partial charge in [-0.2, -0.15) is 4.98 Å².